The molecule has 34 heavy (non-hydrogen) atoms. The first-order valence-corrected chi connectivity index (χ1v) is 13.2. The molecule has 0 radical (unpaired) electrons. The smallest absolute Gasteiger partial charge is 0.254 e. The molecule has 5 rings (SSSR count). The van der Waals surface area contributed by atoms with Crippen molar-refractivity contribution in [2.75, 3.05) is 26.2 Å². The molecule has 0 saturated carbocycles. The first-order valence-electron chi connectivity index (χ1n) is 10.9. The van der Waals surface area contributed by atoms with Gasteiger partial charge >= 0.3 is 0 Å². The lowest BCUT2D eigenvalue weighted by atomic mass is 10.1. The van der Waals surface area contributed by atoms with Crippen molar-refractivity contribution in [3.05, 3.63) is 83.5 Å². The summed E-state index contributed by atoms with van der Waals surface area (Å²) in [7, 11) is -3.77. The Balaban J connectivity index is 1.42. The molecule has 0 bridgehead atoms. The van der Waals surface area contributed by atoms with E-state index < -0.39 is 15.8 Å². The van der Waals surface area contributed by atoms with Crippen molar-refractivity contribution in [2.24, 2.45) is 0 Å². The van der Waals surface area contributed by atoms with E-state index in [-0.39, 0.29) is 23.9 Å². The molecule has 1 aliphatic rings. The molecule has 0 N–H and O–H groups in total. The molecule has 9 heteroatoms. The van der Waals surface area contributed by atoms with Gasteiger partial charge in [0.25, 0.3) is 5.91 Å². The molecular formula is C25H22FN3O3S2. The lowest BCUT2D eigenvalue weighted by molar-refractivity contribution is 0.0766. The van der Waals surface area contributed by atoms with E-state index in [1.807, 2.05) is 47.8 Å². The van der Waals surface area contributed by atoms with Crippen LogP contribution < -0.4 is 0 Å². The molecule has 2 aromatic carbocycles. The second-order valence-corrected chi connectivity index (χ2v) is 10.9. The van der Waals surface area contributed by atoms with E-state index in [0.717, 1.165) is 33.6 Å². The molecule has 1 saturated heterocycles. The molecular weight excluding hydrogens is 473 g/mol. The monoisotopic (exact) mass is 495 g/mol. The maximum atomic E-state index is 13.6. The summed E-state index contributed by atoms with van der Waals surface area (Å²) in [5.41, 5.74) is 2.04. The number of benzene rings is 2. The lowest BCUT2D eigenvalue weighted by Crippen LogP contribution is -2.37. The Bertz CT molecular complexity index is 1440. The Hall–Kier alpha value is -3.14. The Morgan fingerprint density at radius 2 is 1.74 bits per heavy atom. The number of pyridine rings is 1. The molecule has 2 aromatic heterocycles. The van der Waals surface area contributed by atoms with Gasteiger partial charge in [-0.15, -0.1) is 11.3 Å². The number of carbonyl (C=O) groups is 1. The van der Waals surface area contributed by atoms with E-state index in [9.17, 15) is 17.6 Å². The number of para-hydroxylation sites is 1. The largest absolute Gasteiger partial charge is 0.337 e. The van der Waals surface area contributed by atoms with Crippen LogP contribution in [0.4, 0.5) is 4.39 Å². The zero-order chi connectivity index (χ0) is 23.7. The van der Waals surface area contributed by atoms with Gasteiger partial charge in [0.05, 0.1) is 26.5 Å². The fourth-order valence-corrected chi connectivity index (χ4v) is 6.32. The van der Waals surface area contributed by atoms with Crippen molar-refractivity contribution in [2.45, 2.75) is 11.3 Å². The van der Waals surface area contributed by atoms with Crippen LogP contribution in [0.2, 0.25) is 0 Å². The summed E-state index contributed by atoms with van der Waals surface area (Å²) >= 11 is 1.56. The van der Waals surface area contributed by atoms with Crippen LogP contribution in [0.15, 0.2) is 77.0 Å². The molecule has 3 heterocycles. The Kier molecular flexibility index (Phi) is 6.16. The number of sulfonamides is 1. The number of aromatic nitrogens is 1. The van der Waals surface area contributed by atoms with Crippen molar-refractivity contribution in [3.63, 3.8) is 0 Å². The molecule has 0 atom stereocenters. The summed E-state index contributed by atoms with van der Waals surface area (Å²) in [5, 5.41) is 2.74. The first-order chi connectivity index (χ1) is 16.4. The average molecular weight is 496 g/mol. The minimum absolute atomic E-state index is 0.0504. The predicted molar refractivity (Wildman–Crippen MR) is 131 cm³/mol. The molecule has 4 aromatic rings. The molecule has 1 aliphatic heterocycles. The van der Waals surface area contributed by atoms with Crippen LogP contribution in [0.25, 0.3) is 21.5 Å². The third kappa shape index (κ3) is 4.34. The van der Waals surface area contributed by atoms with Crippen molar-refractivity contribution in [3.8, 4) is 10.6 Å². The van der Waals surface area contributed by atoms with Crippen LogP contribution in [-0.4, -0.2) is 54.7 Å². The number of halogens is 1. The van der Waals surface area contributed by atoms with E-state index in [2.05, 4.69) is 0 Å². The first kappa shape index (κ1) is 22.6. The van der Waals surface area contributed by atoms with E-state index in [0.29, 0.717) is 25.1 Å². The highest BCUT2D eigenvalue weighted by Crippen LogP contribution is 2.29. The molecule has 6 nitrogen and oxygen atoms in total. The van der Waals surface area contributed by atoms with Crippen molar-refractivity contribution in [1.82, 2.24) is 14.2 Å². The molecule has 1 fully saturated rings. The van der Waals surface area contributed by atoms with Gasteiger partial charge in [0, 0.05) is 31.6 Å². The molecule has 174 valence electrons. The van der Waals surface area contributed by atoms with E-state index in [1.165, 1.54) is 16.4 Å². The van der Waals surface area contributed by atoms with Crippen LogP contribution in [0.1, 0.15) is 16.8 Å². The normalized spacial score (nSPS) is 15.4. The van der Waals surface area contributed by atoms with Gasteiger partial charge in [-0.25, -0.2) is 17.8 Å². The summed E-state index contributed by atoms with van der Waals surface area (Å²) in [6, 6.07) is 18.1. The van der Waals surface area contributed by atoms with Crippen LogP contribution in [0.5, 0.6) is 0 Å². The predicted octanol–water partition coefficient (Wildman–Crippen LogP) is 4.64. The number of hydrogen-bond acceptors (Lipinski definition) is 5. The minimum Gasteiger partial charge on any atom is -0.337 e. The minimum atomic E-state index is -3.77. The number of rotatable bonds is 4. The highest BCUT2D eigenvalue weighted by atomic mass is 32.2. The second kappa shape index (κ2) is 9.25. The van der Waals surface area contributed by atoms with Crippen molar-refractivity contribution < 1.29 is 17.6 Å². The van der Waals surface area contributed by atoms with Gasteiger partial charge in [-0.05, 0) is 54.3 Å². The van der Waals surface area contributed by atoms with Gasteiger partial charge in [0.2, 0.25) is 10.0 Å². The molecule has 0 aliphatic carbocycles. The van der Waals surface area contributed by atoms with Gasteiger partial charge in [0.15, 0.2) is 0 Å². The van der Waals surface area contributed by atoms with Crippen LogP contribution >= 0.6 is 11.3 Å². The summed E-state index contributed by atoms with van der Waals surface area (Å²) < 4.78 is 40.7. The van der Waals surface area contributed by atoms with Crippen LogP contribution in [0.3, 0.4) is 0 Å². The highest BCUT2D eigenvalue weighted by molar-refractivity contribution is 7.89. The number of fused-ring (bicyclic) bond motifs is 1. The second-order valence-electron chi connectivity index (χ2n) is 8.05. The quantitative estimate of drug-likeness (QED) is 0.414. The zero-order valence-electron chi connectivity index (χ0n) is 18.2. The van der Waals surface area contributed by atoms with Gasteiger partial charge in [-0.3, -0.25) is 4.79 Å². The summed E-state index contributed by atoms with van der Waals surface area (Å²) in [6.45, 7) is 1.18. The standard InChI is InChI=1S/C25H22FN3O3S2/c26-18-8-10-19(11-9-18)34(31,32)29-13-4-12-28(14-15-29)25(30)21-17-23(24-7-3-16-33-24)27-22-6-2-1-5-20(21)22/h1-3,5-11,16-17H,4,12-15H2. The van der Waals surface area contributed by atoms with Crippen molar-refractivity contribution in [1.29, 1.82) is 0 Å². The topological polar surface area (TPSA) is 70.6 Å². The van der Waals surface area contributed by atoms with Gasteiger partial charge in [-0.1, -0.05) is 24.3 Å². The van der Waals surface area contributed by atoms with Gasteiger partial charge in [-0.2, -0.15) is 4.31 Å². The third-order valence-electron chi connectivity index (χ3n) is 5.91. The average Bonchev–Trinajstić information content (AvgIpc) is 3.27. The Labute approximate surface area is 201 Å². The van der Waals surface area contributed by atoms with E-state index >= 15 is 0 Å². The van der Waals surface area contributed by atoms with Gasteiger partial charge in [0.1, 0.15) is 5.82 Å². The maximum Gasteiger partial charge on any atom is 0.254 e. The summed E-state index contributed by atoms with van der Waals surface area (Å²) in [4.78, 5) is 21.1. The third-order valence-corrected chi connectivity index (χ3v) is 8.72. The Morgan fingerprint density at radius 1 is 0.941 bits per heavy atom. The summed E-state index contributed by atoms with van der Waals surface area (Å²) in [6.07, 6.45) is 0.507. The van der Waals surface area contributed by atoms with E-state index in [1.54, 1.807) is 16.2 Å². The number of thiophene rings is 1. The van der Waals surface area contributed by atoms with Crippen LogP contribution in [-0.2, 0) is 10.0 Å². The molecule has 1 amide bonds. The van der Waals surface area contributed by atoms with Crippen LogP contribution in [0, 0.1) is 5.82 Å². The number of amides is 1. The molecule has 0 spiro atoms. The zero-order valence-corrected chi connectivity index (χ0v) is 19.9. The van der Waals surface area contributed by atoms with Crippen molar-refractivity contribution >= 4 is 38.2 Å². The number of carbonyl (C=O) groups excluding carboxylic acids is 1. The maximum absolute atomic E-state index is 13.6. The fraction of sp³-hybridized carbons (Fsp3) is 0.200. The summed E-state index contributed by atoms with van der Waals surface area (Å²) in [5.74, 6) is -0.629. The number of nitrogens with zero attached hydrogens (tertiary/aromatic N) is 3. The number of hydrogen-bond donors (Lipinski definition) is 0. The molecule has 0 unspecified atom stereocenters. The lowest BCUT2D eigenvalue weighted by Gasteiger charge is -2.23. The fourth-order valence-electron chi connectivity index (χ4n) is 4.17. The van der Waals surface area contributed by atoms with Gasteiger partial charge < -0.3 is 4.90 Å². The SMILES string of the molecule is O=C(c1cc(-c2cccs2)nc2ccccc12)N1CCCN(S(=O)(=O)c2ccc(F)cc2)CC1. The van der Waals surface area contributed by atoms with E-state index in [4.69, 9.17) is 4.98 Å². The highest BCUT2D eigenvalue weighted by Gasteiger charge is 2.29. The Morgan fingerprint density at radius 3 is 2.50 bits per heavy atom.